The first-order chi connectivity index (χ1) is 6.92. The molecule has 6 heteroatoms. The van der Waals surface area contributed by atoms with Crippen molar-refractivity contribution in [3.63, 3.8) is 0 Å². The summed E-state index contributed by atoms with van der Waals surface area (Å²) in [4.78, 5) is 11.3. The van der Waals surface area contributed by atoms with E-state index < -0.39 is 15.9 Å². The molecule has 0 aliphatic carbocycles. The highest BCUT2D eigenvalue weighted by Crippen LogP contribution is 2.11. The van der Waals surface area contributed by atoms with Gasteiger partial charge in [-0.15, -0.1) is 4.72 Å². The van der Waals surface area contributed by atoms with Crippen molar-refractivity contribution in [3.05, 3.63) is 29.8 Å². The van der Waals surface area contributed by atoms with Crippen molar-refractivity contribution < 1.29 is 17.9 Å². The van der Waals surface area contributed by atoms with Gasteiger partial charge in [-0.2, -0.15) is 0 Å². The SMILES string of the molecule is COc1ccc(C(=O)[N]S(C)(=O)=O)cc1. The monoisotopic (exact) mass is 228 g/mol. The lowest BCUT2D eigenvalue weighted by molar-refractivity contribution is 0.0978. The van der Waals surface area contributed by atoms with E-state index in [2.05, 4.69) is 4.72 Å². The Bertz CT molecular complexity index is 450. The molecule has 5 nitrogen and oxygen atoms in total. The standard InChI is InChI=1S/C9H10NO4S/c1-14-8-5-3-7(4-6-8)9(11)10-15(2,12)13/h3-6H,1-2H3. The van der Waals surface area contributed by atoms with E-state index in [-0.39, 0.29) is 5.56 Å². The van der Waals surface area contributed by atoms with E-state index in [0.717, 1.165) is 6.26 Å². The molecule has 0 N–H and O–H groups in total. The summed E-state index contributed by atoms with van der Waals surface area (Å²) in [7, 11) is -2.15. The third kappa shape index (κ3) is 3.59. The maximum absolute atomic E-state index is 11.3. The van der Waals surface area contributed by atoms with Gasteiger partial charge in [0.1, 0.15) is 5.75 Å². The minimum absolute atomic E-state index is 0.209. The number of sulfonamides is 1. The van der Waals surface area contributed by atoms with Crippen LogP contribution in [-0.4, -0.2) is 27.7 Å². The van der Waals surface area contributed by atoms with Crippen LogP contribution in [0.2, 0.25) is 0 Å². The van der Waals surface area contributed by atoms with Crippen molar-refractivity contribution >= 4 is 15.9 Å². The maximum Gasteiger partial charge on any atom is 0.287 e. The number of hydrogen-bond acceptors (Lipinski definition) is 4. The Labute approximate surface area is 88.1 Å². The highest BCUT2D eigenvalue weighted by atomic mass is 32.2. The Morgan fingerprint density at radius 2 is 1.80 bits per heavy atom. The number of carbonyl (C=O) groups is 1. The number of methoxy groups -OCH3 is 1. The average molecular weight is 228 g/mol. The molecule has 0 bridgehead atoms. The third-order valence-corrected chi connectivity index (χ3v) is 2.08. The third-order valence-electron chi connectivity index (χ3n) is 1.59. The first kappa shape index (κ1) is 11.5. The molecule has 0 saturated heterocycles. The quantitative estimate of drug-likeness (QED) is 0.750. The lowest BCUT2D eigenvalue weighted by Crippen LogP contribution is -2.21. The second kappa shape index (κ2) is 4.31. The molecule has 0 heterocycles. The molecule has 0 fully saturated rings. The lowest BCUT2D eigenvalue weighted by atomic mass is 10.2. The zero-order valence-electron chi connectivity index (χ0n) is 8.30. The molecule has 1 rings (SSSR count). The van der Waals surface area contributed by atoms with Crippen molar-refractivity contribution in [2.45, 2.75) is 0 Å². The highest BCUT2D eigenvalue weighted by molar-refractivity contribution is 7.89. The van der Waals surface area contributed by atoms with Crippen molar-refractivity contribution in [2.75, 3.05) is 13.4 Å². The van der Waals surface area contributed by atoms with Crippen molar-refractivity contribution in [1.82, 2.24) is 4.72 Å². The molecule has 1 radical (unpaired) electrons. The van der Waals surface area contributed by atoms with Crippen LogP contribution in [0.1, 0.15) is 10.4 Å². The summed E-state index contributed by atoms with van der Waals surface area (Å²) in [6.07, 6.45) is 0.869. The molecular weight excluding hydrogens is 218 g/mol. The Hall–Kier alpha value is -1.56. The van der Waals surface area contributed by atoms with Gasteiger partial charge in [0.2, 0.25) is 0 Å². The minimum atomic E-state index is -3.64. The van der Waals surface area contributed by atoms with Crippen LogP contribution in [0.4, 0.5) is 0 Å². The second-order valence-corrected chi connectivity index (χ2v) is 4.51. The van der Waals surface area contributed by atoms with Gasteiger partial charge in [-0.3, -0.25) is 4.79 Å². The van der Waals surface area contributed by atoms with Gasteiger partial charge in [0, 0.05) is 5.56 Å². The van der Waals surface area contributed by atoms with Crippen LogP contribution in [0, 0.1) is 0 Å². The smallest absolute Gasteiger partial charge is 0.287 e. The highest BCUT2D eigenvalue weighted by Gasteiger charge is 2.13. The number of ether oxygens (including phenoxy) is 1. The number of rotatable bonds is 3. The summed E-state index contributed by atoms with van der Waals surface area (Å²) in [6, 6.07) is 6.03. The van der Waals surface area contributed by atoms with Crippen LogP contribution < -0.4 is 9.46 Å². The summed E-state index contributed by atoms with van der Waals surface area (Å²) < 4.78 is 29.4. The molecule has 0 atom stereocenters. The maximum atomic E-state index is 11.3. The molecule has 0 aliphatic heterocycles. The van der Waals surface area contributed by atoms with Crippen molar-refractivity contribution in [2.24, 2.45) is 0 Å². The number of benzene rings is 1. The van der Waals surface area contributed by atoms with Crippen LogP contribution in [-0.2, 0) is 10.0 Å². The van der Waals surface area contributed by atoms with Crippen LogP contribution in [0.15, 0.2) is 24.3 Å². The van der Waals surface area contributed by atoms with Crippen LogP contribution >= 0.6 is 0 Å². The lowest BCUT2D eigenvalue weighted by Gasteiger charge is -2.01. The molecule has 81 valence electrons. The zero-order valence-corrected chi connectivity index (χ0v) is 9.11. The number of carbonyl (C=O) groups excluding carboxylic acids is 1. The molecule has 0 aromatic heterocycles. The predicted octanol–water partition coefficient (Wildman–Crippen LogP) is 0.399. The van der Waals surface area contributed by atoms with Gasteiger partial charge in [0.25, 0.3) is 15.9 Å². The van der Waals surface area contributed by atoms with Gasteiger partial charge in [0.05, 0.1) is 13.4 Å². The number of nitrogens with zero attached hydrogens (tertiary/aromatic N) is 1. The van der Waals surface area contributed by atoms with Gasteiger partial charge in [-0.25, -0.2) is 8.42 Å². The first-order valence-corrected chi connectivity index (χ1v) is 5.88. The second-order valence-electron chi connectivity index (χ2n) is 2.86. The topological polar surface area (TPSA) is 74.5 Å². The average Bonchev–Trinajstić information content (AvgIpc) is 2.15. The first-order valence-electron chi connectivity index (χ1n) is 4.04. The Morgan fingerprint density at radius 3 is 2.20 bits per heavy atom. The molecule has 1 aromatic carbocycles. The van der Waals surface area contributed by atoms with Gasteiger partial charge in [-0.1, -0.05) is 0 Å². The fourth-order valence-electron chi connectivity index (χ4n) is 0.937. The fourth-order valence-corrected chi connectivity index (χ4v) is 1.34. The van der Waals surface area contributed by atoms with E-state index in [4.69, 9.17) is 4.74 Å². The van der Waals surface area contributed by atoms with Crippen LogP contribution in [0.25, 0.3) is 0 Å². The van der Waals surface area contributed by atoms with E-state index in [1.54, 1.807) is 12.1 Å². The molecule has 1 aromatic rings. The Morgan fingerprint density at radius 1 is 1.27 bits per heavy atom. The van der Waals surface area contributed by atoms with E-state index in [9.17, 15) is 13.2 Å². The molecule has 0 unspecified atom stereocenters. The van der Waals surface area contributed by atoms with E-state index in [1.165, 1.54) is 19.2 Å². The summed E-state index contributed by atoms with van der Waals surface area (Å²) in [5.74, 6) is -0.189. The van der Waals surface area contributed by atoms with Gasteiger partial charge in [-0.05, 0) is 24.3 Å². The van der Waals surface area contributed by atoms with Crippen molar-refractivity contribution in [1.29, 1.82) is 0 Å². The molecular formula is C9H10NO4S. The summed E-state index contributed by atoms with van der Waals surface area (Å²) >= 11 is 0. The normalized spacial score (nSPS) is 10.8. The minimum Gasteiger partial charge on any atom is -0.497 e. The molecule has 0 saturated carbocycles. The van der Waals surface area contributed by atoms with Gasteiger partial charge < -0.3 is 4.74 Å². The Kier molecular flexibility index (Phi) is 3.31. The van der Waals surface area contributed by atoms with Crippen LogP contribution in [0.5, 0.6) is 5.75 Å². The molecule has 0 aliphatic rings. The number of hydrogen-bond donors (Lipinski definition) is 0. The van der Waals surface area contributed by atoms with Crippen LogP contribution in [0.3, 0.4) is 0 Å². The van der Waals surface area contributed by atoms with E-state index >= 15 is 0 Å². The van der Waals surface area contributed by atoms with Gasteiger partial charge >= 0.3 is 0 Å². The summed E-state index contributed by atoms with van der Waals surface area (Å²) in [5, 5.41) is 0. The molecule has 15 heavy (non-hydrogen) atoms. The largest absolute Gasteiger partial charge is 0.497 e. The molecule has 1 amide bonds. The Balaban J connectivity index is 2.84. The van der Waals surface area contributed by atoms with Gasteiger partial charge in [0.15, 0.2) is 0 Å². The predicted molar refractivity (Wildman–Crippen MR) is 54.3 cm³/mol. The summed E-state index contributed by atoms with van der Waals surface area (Å²) in [5.41, 5.74) is 0.209. The zero-order chi connectivity index (χ0) is 11.5. The molecule has 0 spiro atoms. The summed E-state index contributed by atoms with van der Waals surface area (Å²) in [6.45, 7) is 0. The van der Waals surface area contributed by atoms with Crippen molar-refractivity contribution in [3.8, 4) is 5.75 Å². The number of amides is 1. The van der Waals surface area contributed by atoms with E-state index in [1.807, 2.05) is 0 Å². The fraction of sp³-hybridized carbons (Fsp3) is 0.222. The van der Waals surface area contributed by atoms with E-state index in [0.29, 0.717) is 5.75 Å².